The fourth-order valence-electron chi connectivity index (χ4n) is 2.76. The van der Waals surface area contributed by atoms with E-state index in [-0.39, 0.29) is 6.61 Å². The van der Waals surface area contributed by atoms with Gasteiger partial charge in [0.1, 0.15) is 11.5 Å². The Bertz CT molecular complexity index is 897. The van der Waals surface area contributed by atoms with Gasteiger partial charge in [-0.25, -0.2) is 4.39 Å². The van der Waals surface area contributed by atoms with Gasteiger partial charge in [-0.05, 0) is 24.3 Å². The van der Waals surface area contributed by atoms with E-state index in [2.05, 4.69) is 5.16 Å². The maximum Gasteiger partial charge on any atom is 0.203 e. The highest BCUT2D eigenvalue weighted by Crippen LogP contribution is 2.43. The van der Waals surface area contributed by atoms with Crippen LogP contribution in [0.2, 0.25) is 0 Å². The minimum Gasteiger partial charge on any atom is -0.493 e. The van der Waals surface area contributed by atoms with Crippen molar-refractivity contribution in [3.05, 3.63) is 47.8 Å². The minimum atomic E-state index is -0.399. The Labute approximate surface area is 149 Å². The molecule has 0 aliphatic rings. The summed E-state index contributed by atoms with van der Waals surface area (Å²) in [6.07, 6.45) is 0. The van der Waals surface area contributed by atoms with Crippen molar-refractivity contribution in [2.45, 2.75) is 6.61 Å². The normalized spacial score (nSPS) is 10.7. The number of halogens is 1. The van der Waals surface area contributed by atoms with Gasteiger partial charge in [-0.1, -0.05) is 17.3 Å². The van der Waals surface area contributed by atoms with Crippen LogP contribution in [0.25, 0.3) is 22.6 Å². The largest absolute Gasteiger partial charge is 0.493 e. The summed E-state index contributed by atoms with van der Waals surface area (Å²) < 4.78 is 35.0. The molecule has 1 heterocycles. The summed E-state index contributed by atoms with van der Waals surface area (Å²) in [7, 11) is 4.52. The van der Waals surface area contributed by atoms with Crippen LogP contribution in [0.1, 0.15) is 5.56 Å². The molecule has 0 atom stereocenters. The first kappa shape index (κ1) is 17.8. The van der Waals surface area contributed by atoms with Crippen molar-refractivity contribution in [2.75, 3.05) is 21.3 Å². The van der Waals surface area contributed by atoms with Crippen LogP contribution in [-0.4, -0.2) is 31.6 Å². The number of aromatic nitrogens is 1. The zero-order valence-electron chi connectivity index (χ0n) is 14.6. The molecule has 0 aliphatic heterocycles. The van der Waals surface area contributed by atoms with Crippen molar-refractivity contribution in [3.63, 3.8) is 0 Å². The molecular weight excluding hydrogens is 341 g/mol. The molecule has 0 saturated carbocycles. The van der Waals surface area contributed by atoms with Crippen LogP contribution < -0.4 is 14.2 Å². The van der Waals surface area contributed by atoms with Crippen molar-refractivity contribution in [3.8, 4) is 39.8 Å². The first-order chi connectivity index (χ1) is 12.6. The summed E-state index contributed by atoms with van der Waals surface area (Å²) in [4.78, 5) is 0. The lowest BCUT2D eigenvalue weighted by Crippen LogP contribution is -1.96. The first-order valence-electron chi connectivity index (χ1n) is 7.78. The van der Waals surface area contributed by atoms with E-state index in [1.807, 2.05) is 0 Å². The van der Waals surface area contributed by atoms with E-state index in [9.17, 15) is 9.50 Å². The summed E-state index contributed by atoms with van der Waals surface area (Å²) in [5.41, 5.74) is 1.90. The van der Waals surface area contributed by atoms with Gasteiger partial charge in [0.25, 0.3) is 0 Å². The predicted octanol–water partition coefficient (Wildman–Crippen LogP) is 3.67. The highest BCUT2D eigenvalue weighted by atomic mass is 19.1. The van der Waals surface area contributed by atoms with E-state index in [4.69, 9.17) is 18.7 Å². The molecule has 136 valence electrons. The van der Waals surface area contributed by atoms with Crippen LogP contribution in [0.4, 0.5) is 4.39 Å². The number of rotatable bonds is 6. The molecule has 1 aromatic heterocycles. The quantitative estimate of drug-likeness (QED) is 0.724. The Morgan fingerprint density at radius 1 is 1.00 bits per heavy atom. The van der Waals surface area contributed by atoms with Gasteiger partial charge in [-0.2, -0.15) is 0 Å². The maximum absolute atomic E-state index is 13.5. The van der Waals surface area contributed by atoms with E-state index in [0.717, 1.165) is 0 Å². The number of hydrogen-bond donors (Lipinski definition) is 1. The lowest BCUT2D eigenvalue weighted by atomic mass is 10.0. The Morgan fingerprint density at radius 2 is 1.69 bits per heavy atom. The van der Waals surface area contributed by atoms with Crippen molar-refractivity contribution in [1.29, 1.82) is 0 Å². The smallest absolute Gasteiger partial charge is 0.203 e. The van der Waals surface area contributed by atoms with Crippen molar-refractivity contribution in [1.82, 2.24) is 5.16 Å². The maximum atomic E-state index is 13.5. The number of aliphatic hydroxyl groups is 1. The second-order valence-corrected chi connectivity index (χ2v) is 5.42. The van der Waals surface area contributed by atoms with Crippen molar-refractivity contribution >= 4 is 0 Å². The molecule has 0 unspecified atom stereocenters. The van der Waals surface area contributed by atoms with E-state index >= 15 is 0 Å². The summed E-state index contributed by atoms with van der Waals surface area (Å²) in [5.74, 6) is 1.26. The molecule has 3 aromatic rings. The monoisotopic (exact) mass is 359 g/mol. The summed E-state index contributed by atoms with van der Waals surface area (Å²) in [6, 6.07) is 9.31. The van der Waals surface area contributed by atoms with Gasteiger partial charge in [0.2, 0.25) is 5.75 Å². The molecule has 2 aromatic carbocycles. The predicted molar refractivity (Wildman–Crippen MR) is 92.9 cm³/mol. The van der Waals surface area contributed by atoms with Gasteiger partial charge in [0.05, 0.1) is 33.5 Å². The van der Waals surface area contributed by atoms with Crippen LogP contribution in [0.15, 0.2) is 40.9 Å². The molecule has 3 rings (SSSR count). The second-order valence-electron chi connectivity index (χ2n) is 5.42. The molecule has 26 heavy (non-hydrogen) atoms. The zero-order chi connectivity index (χ0) is 18.7. The lowest BCUT2D eigenvalue weighted by Gasteiger charge is -2.13. The van der Waals surface area contributed by atoms with E-state index in [1.54, 1.807) is 24.3 Å². The molecule has 0 aliphatic carbocycles. The summed E-state index contributed by atoms with van der Waals surface area (Å²) in [6.45, 7) is -0.332. The molecule has 0 amide bonds. The van der Waals surface area contributed by atoms with Crippen molar-refractivity contribution < 1.29 is 28.2 Å². The third-order valence-electron chi connectivity index (χ3n) is 3.97. The third-order valence-corrected chi connectivity index (χ3v) is 3.97. The number of benzene rings is 2. The number of hydrogen-bond acceptors (Lipinski definition) is 6. The molecule has 1 N–H and O–H groups in total. The Kier molecular flexibility index (Phi) is 5.09. The highest BCUT2D eigenvalue weighted by molar-refractivity contribution is 5.75. The molecule has 0 bridgehead atoms. The topological polar surface area (TPSA) is 74.0 Å². The Balaban J connectivity index is 2.16. The minimum absolute atomic E-state index is 0.332. The van der Waals surface area contributed by atoms with E-state index in [1.165, 1.54) is 33.5 Å². The highest BCUT2D eigenvalue weighted by Gasteiger charge is 2.22. The average molecular weight is 359 g/mol. The fourth-order valence-corrected chi connectivity index (χ4v) is 2.76. The molecule has 6 nitrogen and oxygen atoms in total. The fraction of sp³-hybridized carbons (Fsp3) is 0.211. The van der Waals surface area contributed by atoms with Crippen molar-refractivity contribution in [2.24, 2.45) is 0 Å². The van der Waals surface area contributed by atoms with E-state index in [0.29, 0.717) is 45.4 Å². The van der Waals surface area contributed by atoms with E-state index < -0.39 is 5.82 Å². The van der Waals surface area contributed by atoms with Crippen LogP contribution in [-0.2, 0) is 6.61 Å². The SMILES string of the molecule is COc1cc(-c2onc(-c3cccc(F)c3)c2CO)cc(OC)c1OC. The lowest BCUT2D eigenvalue weighted by molar-refractivity contribution is 0.281. The summed E-state index contributed by atoms with van der Waals surface area (Å²) in [5, 5.41) is 13.9. The first-order valence-corrected chi connectivity index (χ1v) is 7.78. The van der Waals surface area contributed by atoms with Gasteiger partial charge in [-0.15, -0.1) is 0 Å². The van der Waals surface area contributed by atoms with Gasteiger partial charge < -0.3 is 23.8 Å². The average Bonchev–Trinajstić information content (AvgIpc) is 3.10. The van der Waals surface area contributed by atoms with Crippen LogP contribution in [0.5, 0.6) is 17.2 Å². The number of aliphatic hydroxyl groups excluding tert-OH is 1. The van der Waals surface area contributed by atoms with Gasteiger partial charge in [0, 0.05) is 11.1 Å². The number of methoxy groups -OCH3 is 3. The summed E-state index contributed by atoms with van der Waals surface area (Å²) >= 11 is 0. The van der Waals surface area contributed by atoms with Gasteiger partial charge >= 0.3 is 0 Å². The van der Waals surface area contributed by atoms with Crippen LogP contribution >= 0.6 is 0 Å². The molecule has 0 fully saturated rings. The van der Waals surface area contributed by atoms with Crippen LogP contribution in [0.3, 0.4) is 0 Å². The standard InChI is InChI=1S/C19H18FNO5/c1-23-15-8-12(9-16(24-2)19(15)25-3)18-14(10-22)17(21-26-18)11-5-4-6-13(20)7-11/h4-9,22H,10H2,1-3H3. The zero-order valence-corrected chi connectivity index (χ0v) is 14.6. The molecular formula is C19H18FNO5. The molecule has 0 radical (unpaired) electrons. The van der Waals surface area contributed by atoms with Crippen LogP contribution in [0, 0.1) is 5.82 Å². The van der Waals surface area contributed by atoms with Gasteiger partial charge in [0.15, 0.2) is 17.3 Å². The number of ether oxygens (including phenoxy) is 3. The molecule has 7 heteroatoms. The van der Waals surface area contributed by atoms with Gasteiger partial charge in [-0.3, -0.25) is 0 Å². The third kappa shape index (κ3) is 3.09. The second kappa shape index (κ2) is 7.45. The Morgan fingerprint density at radius 3 is 2.23 bits per heavy atom. The number of nitrogens with zero attached hydrogens (tertiary/aromatic N) is 1. The molecule has 0 spiro atoms. The molecule has 0 saturated heterocycles. The Hall–Kier alpha value is -3.06.